The number of ether oxygens (including phenoxy) is 1. The molecule has 5 heterocycles. The summed E-state index contributed by atoms with van der Waals surface area (Å²) < 4.78 is 68.1. The maximum absolute atomic E-state index is 15.2. The van der Waals surface area contributed by atoms with E-state index in [4.69, 9.17) is 25.4 Å². The lowest BCUT2D eigenvalue weighted by molar-refractivity contribution is 0.102. The Morgan fingerprint density at radius 1 is 1.03 bits per heavy atom. The second kappa shape index (κ2) is 18.8. The number of nitrogens with one attached hydrogen (secondary N) is 3. The number of rotatable bonds is 16. The largest absolute Gasteiger partial charge is 0.488 e. The predicted molar refractivity (Wildman–Crippen MR) is 260 cm³/mol. The highest BCUT2D eigenvalue weighted by molar-refractivity contribution is 9.10. The third-order valence-electron chi connectivity index (χ3n) is 12.1. The van der Waals surface area contributed by atoms with Crippen molar-refractivity contribution in [1.29, 1.82) is 0 Å². The zero-order chi connectivity index (χ0) is 48.0. The quantitative estimate of drug-likeness (QED) is 0.0691. The number of nitrogens with zero attached hydrogens (tertiary/aromatic N) is 9. The molecule has 17 nitrogen and oxygen atoms in total. The summed E-state index contributed by atoms with van der Waals surface area (Å²) in [6.07, 6.45) is 4.83. The van der Waals surface area contributed by atoms with Crippen LogP contribution in [0.2, 0.25) is 0 Å². The molecule has 4 aromatic heterocycles. The number of aromatic nitrogens is 8. The van der Waals surface area contributed by atoms with Crippen LogP contribution in [-0.4, -0.2) is 91.0 Å². The van der Waals surface area contributed by atoms with E-state index in [-0.39, 0.29) is 82.9 Å². The summed E-state index contributed by atoms with van der Waals surface area (Å²) in [4.78, 5) is 38.3. The molecule has 0 radical (unpaired) electrons. The number of piperazine rings is 1. The van der Waals surface area contributed by atoms with E-state index in [1.165, 1.54) is 24.5 Å². The first-order valence-corrected chi connectivity index (χ1v) is 24.6. The van der Waals surface area contributed by atoms with Crippen molar-refractivity contribution in [2.24, 2.45) is 0 Å². The van der Waals surface area contributed by atoms with Crippen LogP contribution >= 0.6 is 15.9 Å². The number of hydrogen-bond acceptors (Lipinski definition) is 14. The van der Waals surface area contributed by atoms with Gasteiger partial charge in [0.05, 0.1) is 57.6 Å². The monoisotopic (exact) mass is 1010 g/mol. The third kappa shape index (κ3) is 9.72. The van der Waals surface area contributed by atoms with Crippen LogP contribution in [0.5, 0.6) is 5.75 Å². The standard InChI is InChI=1S/C47H50BrF2N13O4S/c1-25-7-12-39-38(15-25)57-40(20-52-46-60-47(59-44-35(48)19-55-63(44)46)61-21-26(2)56-27(3)22-61)62(39)23-28(4)68(65,66)14-6-13-67-42-41(53-24-54-43(42)51)34-17-32(49)18-37(29(34)5)58-45(64)33-11-10-31(16-36(33)50)30-8-9-30/h7,10-12,15-19,24,26-27,30,56H,4,6,8-9,13-14,20-23H2,1-3,5H3,(H,58,64)(H2,51,53,54)(H,52,59,60)/t26-,27+. The molecule has 1 saturated heterocycles. The van der Waals surface area contributed by atoms with Gasteiger partial charge >= 0.3 is 0 Å². The van der Waals surface area contributed by atoms with Crippen molar-refractivity contribution in [2.45, 2.75) is 78.0 Å². The molecule has 1 amide bonds. The Morgan fingerprint density at radius 3 is 2.56 bits per heavy atom. The molecule has 1 saturated carbocycles. The van der Waals surface area contributed by atoms with E-state index in [1.807, 2.05) is 29.7 Å². The number of nitrogens with two attached hydrogens (primary N) is 1. The number of nitrogen functional groups attached to an aromatic ring is 1. The van der Waals surface area contributed by atoms with Gasteiger partial charge < -0.3 is 35.9 Å². The van der Waals surface area contributed by atoms with Gasteiger partial charge in [0.1, 0.15) is 29.5 Å². The molecule has 2 fully saturated rings. The van der Waals surface area contributed by atoms with Crippen LogP contribution in [-0.2, 0) is 22.9 Å². The first-order valence-electron chi connectivity index (χ1n) is 22.2. The normalized spacial score (nSPS) is 16.4. The molecule has 354 valence electrons. The molecule has 0 bridgehead atoms. The fourth-order valence-electron chi connectivity index (χ4n) is 8.54. The summed E-state index contributed by atoms with van der Waals surface area (Å²) in [5, 5.41) is 14.1. The van der Waals surface area contributed by atoms with E-state index in [9.17, 15) is 13.2 Å². The number of imidazole rings is 1. The molecule has 3 aromatic carbocycles. The highest BCUT2D eigenvalue weighted by Crippen LogP contribution is 2.41. The molecule has 9 rings (SSSR count). The smallest absolute Gasteiger partial charge is 0.258 e. The molecule has 1 aliphatic carbocycles. The van der Waals surface area contributed by atoms with E-state index < -0.39 is 27.4 Å². The number of halogens is 3. The molecule has 5 N–H and O–H groups in total. The van der Waals surface area contributed by atoms with Crippen molar-refractivity contribution < 1.29 is 26.7 Å². The van der Waals surface area contributed by atoms with Crippen LogP contribution < -0.4 is 31.3 Å². The molecule has 2 atom stereocenters. The molecule has 1 aliphatic heterocycles. The number of carbonyl (C=O) groups is 1. The fraction of sp³-hybridized carbons (Fsp3) is 0.340. The van der Waals surface area contributed by atoms with Crippen molar-refractivity contribution in [3.8, 4) is 17.0 Å². The maximum atomic E-state index is 15.2. The average molecular weight is 1010 g/mol. The van der Waals surface area contributed by atoms with E-state index in [0.29, 0.717) is 44.8 Å². The van der Waals surface area contributed by atoms with Crippen LogP contribution in [0, 0.1) is 25.5 Å². The summed E-state index contributed by atoms with van der Waals surface area (Å²) in [6, 6.07) is 13.1. The number of benzene rings is 3. The van der Waals surface area contributed by atoms with Crippen LogP contribution in [0.3, 0.4) is 0 Å². The van der Waals surface area contributed by atoms with E-state index in [1.54, 1.807) is 23.7 Å². The van der Waals surface area contributed by atoms with Crippen molar-refractivity contribution in [2.75, 3.05) is 46.7 Å². The predicted octanol–water partition coefficient (Wildman–Crippen LogP) is 7.50. The van der Waals surface area contributed by atoms with Gasteiger partial charge in [0.2, 0.25) is 11.9 Å². The molecule has 21 heteroatoms. The van der Waals surface area contributed by atoms with Crippen LogP contribution in [0.1, 0.15) is 71.9 Å². The lowest BCUT2D eigenvalue weighted by Crippen LogP contribution is -2.54. The maximum Gasteiger partial charge on any atom is 0.258 e. The molecular weight excluding hydrogens is 961 g/mol. The number of sulfone groups is 1. The Balaban J connectivity index is 0.887. The first kappa shape index (κ1) is 46.5. The van der Waals surface area contributed by atoms with Gasteiger partial charge in [-0.1, -0.05) is 18.7 Å². The minimum atomic E-state index is -3.91. The first-order chi connectivity index (χ1) is 32.5. The lowest BCUT2D eigenvalue weighted by Gasteiger charge is -2.36. The molecule has 7 aromatic rings. The topological polar surface area (TPSA) is 212 Å². The fourth-order valence-corrected chi connectivity index (χ4v) is 10.00. The van der Waals surface area contributed by atoms with Crippen molar-refractivity contribution in [3.63, 3.8) is 0 Å². The third-order valence-corrected chi connectivity index (χ3v) is 14.5. The number of anilines is 4. The molecule has 0 unspecified atom stereocenters. The van der Waals surface area contributed by atoms with Crippen molar-refractivity contribution >= 4 is 71.8 Å². The zero-order valence-corrected chi connectivity index (χ0v) is 40.3. The minimum Gasteiger partial charge on any atom is -0.488 e. The number of fused-ring (bicyclic) bond motifs is 2. The van der Waals surface area contributed by atoms with Crippen LogP contribution in [0.15, 0.2) is 77.0 Å². The average Bonchev–Trinajstić information content (AvgIpc) is 4.00. The van der Waals surface area contributed by atoms with Gasteiger partial charge in [0.15, 0.2) is 27.1 Å². The summed E-state index contributed by atoms with van der Waals surface area (Å²) >= 11 is 3.58. The molecule has 0 spiro atoms. The van der Waals surface area contributed by atoms with Gasteiger partial charge in [-0.15, -0.1) is 0 Å². The Labute approximate surface area is 399 Å². The summed E-state index contributed by atoms with van der Waals surface area (Å²) in [5.41, 5.74) is 10.7. The zero-order valence-electron chi connectivity index (χ0n) is 37.9. The second-order valence-electron chi connectivity index (χ2n) is 17.5. The van der Waals surface area contributed by atoms with Gasteiger partial charge in [-0.2, -0.15) is 19.6 Å². The van der Waals surface area contributed by atoms with Gasteiger partial charge in [0.25, 0.3) is 5.91 Å². The highest BCUT2D eigenvalue weighted by atomic mass is 79.9. The SMILES string of the molecule is C=C(Cn1c(CNc2nc(N3C[C@@H](C)N[C@@H](C)C3)nc3c(Br)cnn23)nc2cc(C)ccc21)S(=O)(=O)CCCOc1c(N)ncnc1-c1cc(F)cc(NC(=O)c2ccc(C3CC3)cc2F)c1C. The Bertz CT molecular complexity index is 3220. The van der Waals surface area contributed by atoms with Gasteiger partial charge in [-0.25, -0.2) is 32.2 Å². The Hall–Kier alpha value is -6.58. The Kier molecular flexibility index (Phi) is 12.9. The van der Waals surface area contributed by atoms with Gasteiger partial charge in [0, 0.05) is 36.4 Å². The van der Waals surface area contributed by atoms with Gasteiger partial charge in [-0.3, -0.25) is 4.79 Å². The van der Waals surface area contributed by atoms with Crippen LogP contribution in [0.4, 0.5) is 32.2 Å². The molecule has 2 aliphatic rings. The van der Waals surface area contributed by atoms with E-state index >= 15 is 8.78 Å². The summed E-state index contributed by atoms with van der Waals surface area (Å²) in [7, 11) is -3.91. The second-order valence-corrected chi connectivity index (χ2v) is 20.6. The molecule has 68 heavy (non-hydrogen) atoms. The highest BCUT2D eigenvalue weighted by Gasteiger charge is 2.28. The summed E-state index contributed by atoms with van der Waals surface area (Å²) in [5.74, 6) is -0.661. The summed E-state index contributed by atoms with van der Waals surface area (Å²) in [6.45, 7) is 13.3. The van der Waals surface area contributed by atoms with Crippen LogP contribution in [0.25, 0.3) is 27.9 Å². The number of hydrogen-bond donors (Lipinski definition) is 4. The van der Waals surface area contributed by atoms with Crippen molar-refractivity contribution in [1.82, 2.24) is 44.4 Å². The Morgan fingerprint density at radius 2 is 1.81 bits per heavy atom. The minimum absolute atomic E-state index is 0.00124. The van der Waals surface area contributed by atoms with Crippen molar-refractivity contribution in [3.05, 3.63) is 117 Å². The van der Waals surface area contributed by atoms with E-state index in [0.717, 1.165) is 48.6 Å². The van der Waals surface area contributed by atoms with E-state index in [2.05, 4.69) is 72.3 Å². The number of amides is 1. The molecular formula is C47H50BrF2N13O4S. The van der Waals surface area contributed by atoms with Gasteiger partial charge in [-0.05, 0) is 122 Å². The number of allylic oxidation sites excluding steroid dienone is 1. The lowest BCUT2D eigenvalue weighted by atomic mass is 10.0. The number of carbonyl (C=O) groups excluding carboxylic acids is 1. The number of aryl methyl sites for hydroxylation is 1.